The topological polar surface area (TPSA) is 120 Å². The second-order valence-electron chi connectivity index (χ2n) is 5.65. The number of sulfone groups is 1. The molecule has 27 heavy (non-hydrogen) atoms. The molecule has 138 valence electrons. The first-order valence-electron chi connectivity index (χ1n) is 7.75. The molecule has 3 rings (SSSR count). The minimum absolute atomic E-state index is 0.0421. The van der Waals surface area contributed by atoms with Crippen LogP contribution >= 0.6 is 0 Å². The Morgan fingerprint density at radius 2 is 1.78 bits per heavy atom. The summed E-state index contributed by atoms with van der Waals surface area (Å²) in [7, 11) is -3.88. The van der Waals surface area contributed by atoms with Gasteiger partial charge in [-0.1, -0.05) is 24.3 Å². The summed E-state index contributed by atoms with van der Waals surface area (Å²) in [6, 6.07) is 14.3. The fraction of sp³-hybridized carbons (Fsp3) is 0.0556. The summed E-state index contributed by atoms with van der Waals surface area (Å²) in [6.07, 6.45) is 0. The summed E-state index contributed by atoms with van der Waals surface area (Å²) < 4.78 is 30.2. The highest BCUT2D eigenvalue weighted by Gasteiger charge is 2.23. The van der Waals surface area contributed by atoms with Crippen molar-refractivity contribution in [1.29, 1.82) is 0 Å². The van der Waals surface area contributed by atoms with E-state index in [4.69, 9.17) is 4.42 Å². The number of hydrogen-bond acceptors (Lipinski definition) is 6. The van der Waals surface area contributed by atoms with E-state index in [0.717, 1.165) is 0 Å². The maximum absolute atomic E-state index is 12.5. The van der Waals surface area contributed by atoms with Crippen molar-refractivity contribution in [2.75, 3.05) is 5.32 Å². The number of benzene rings is 2. The number of carbonyl (C=O) groups is 1. The van der Waals surface area contributed by atoms with E-state index in [9.17, 15) is 23.3 Å². The van der Waals surface area contributed by atoms with Crippen LogP contribution in [0.15, 0.2) is 75.1 Å². The van der Waals surface area contributed by atoms with Crippen LogP contribution in [0.2, 0.25) is 0 Å². The van der Waals surface area contributed by atoms with Gasteiger partial charge in [0.15, 0.2) is 5.76 Å². The number of nitro groups is 1. The van der Waals surface area contributed by atoms with Crippen LogP contribution in [0.25, 0.3) is 0 Å². The van der Waals surface area contributed by atoms with E-state index in [0.29, 0.717) is 5.56 Å². The number of nitrogens with one attached hydrogen (secondary N) is 1. The smallest absolute Gasteiger partial charge is 0.291 e. The van der Waals surface area contributed by atoms with E-state index in [2.05, 4.69) is 5.32 Å². The van der Waals surface area contributed by atoms with E-state index in [1.165, 1.54) is 42.5 Å². The quantitative estimate of drug-likeness (QED) is 0.529. The number of furan rings is 1. The third kappa shape index (κ3) is 3.72. The fourth-order valence-electron chi connectivity index (χ4n) is 2.38. The third-order valence-corrected chi connectivity index (χ3v) is 5.43. The van der Waals surface area contributed by atoms with Crippen LogP contribution in [0.4, 0.5) is 11.4 Å². The number of amides is 1. The van der Waals surface area contributed by atoms with Crippen LogP contribution in [-0.4, -0.2) is 19.2 Å². The molecule has 0 aliphatic carbocycles. The molecule has 2 aromatic carbocycles. The van der Waals surface area contributed by atoms with Crippen LogP contribution < -0.4 is 5.32 Å². The van der Waals surface area contributed by atoms with Gasteiger partial charge in [0, 0.05) is 17.3 Å². The summed E-state index contributed by atoms with van der Waals surface area (Å²) in [6.45, 7) is 1.58. The molecule has 1 heterocycles. The normalized spacial score (nSPS) is 11.1. The van der Waals surface area contributed by atoms with Crippen LogP contribution in [-0.2, 0) is 9.84 Å². The molecule has 0 fully saturated rings. The highest BCUT2D eigenvalue weighted by molar-refractivity contribution is 7.91. The zero-order valence-electron chi connectivity index (χ0n) is 14.1. The first-order valence-corrected chi connectivity index (χ1v) is 9.24. The average Bonchev–Trinajstić information content (AvgIpc) is 3.15. The summed E-state index contributed by atoms with van der Waals surface area (Å²) >= 11 is 0. The van der Waals surface area contributed by atoms with Crippen molar-refractivity contribution in [3.63, 3.8) is 0 Å². The summed E-state index contributed by atoms with van der Waals surface area (Å²) in [5.74, 6) is -0.949. The Labute approximate surface area is 154 Å². The van der Waals surface area contributed by atoms with E-state index < -0.39 is 20.7 Å². The molecular formula is C18H14N2O6S. The Balaban J connectivity index is 1.84. The van der Waals surface area contributed by atoms with Crippen molar-refractivity contribution < 1.29 is 22.6 Å². The second kappa shape index (κ2) is 7.04. The third-order valence-electron chi connectivity index (χ3n) is 3.79. The Morgan fingerprint density at radius 3 is 2.44 bits per heavy atom. The van der Waals surface area contributed by atoms with Gasteiger partial charge >= 0.3 is 0 Å². The predicted octanol–water partition coefficient (Wildman–Crippen LogP) is 3.58. The van der Waals surface area contributed by atoms with Gasteiger partial charge in [-0.05, 0) is 37.3 Å². The monoisotopic (exact) mass is 386 g/mol. The van der Waals surface area contributed by atoms with Crippen molar-refractivity contribution in [1.82, 2.24) is 0 Å². The maximum Gasteiger partial charge on any atom is 0.291 e. The zero-order chi connectivity index (χ0) is 19.6. The van der Waals surface area contributed by atoms with Gasteiger partial charge < -0.3 is 9.73 Å². The summed E-state index contributed by atoms with van der Waals surface area (Å²) in [5, 5.41) is 13.1. The Bertz CT molecular complexity index is 1120. The second-order valence-corrected chi connectivity index (χ2v) is 7.53. The molecule has 1 aromatic heterocycles. The standard InChI is InChI=1S/C18H14N2O6S/c1-12-7-8-13(11-15(12)20(22)23)19-18(21)16-9-10-17(26-16)27(24,25)14-5-3-2-4-6-14/h2-11H,1H3,(H,19,21). The molecule has 1 amide bonds. The first kappa shape index (κ1) is 18.3. The van der Waals surface area contributed by atoms with Gasteiger partial charge in [0.25, 0.3) is 11.6 Å². The SMILES string of the molecule is Cc1ccc(NC(=O)c2ccc(S(=O)(=O)c3ccccc3)o2)cc1[N+](=O)[O-]. The van der Waals surface area contributed by atoms with Gasteiger partial charge in [0.1, 0.15) is 0 Å². The molecule has 0 saturated heterocycles. The van der Waals surface area contributed by atoms with Crippen LogP contribution in [0.5, 0.6) is 0 Å². The largest absolute Gasteiger partial charge is 0.439 e. The Morgan fingerprint density at radius 1 is 1.07 bits per heavy atom. The van der Waals surface area contributed by atoms with E-state index in [1.54, 1.807) is 25.1 Å². The lowest BCUT2D eigenvalue weighted by Gasteiger charge is -2.05. The molecule has 0 aliphatic rings. The highest BCUT2D eigenvalue weighted by Crippen LogP contribution is 2.25. The van der Waals surface area contributed by atoms with Crippen molar-refractivity contribution in [2.24, 2.45) is 0 Å². The van der Waals surface area contributed by atoms with Gasteiger partial charge in [-0.25, -0.2) is 8.42 Å². The number of nitrogens with zero attached hydrogens (tertiary/aromatic N) is 1. The van der Waals surface area contributed by atoms with Gasteiger partial charge in [-0.2, -0.15) is 0 Å². The molecule has 0 spiro atoms. The number of nitro benzene ring substituents is 1. The number of rotatable bonds is 5. The molecule has 1 N–H and O–H groups in total. The lowest BCUT2D eigenvalue weighted by Crippen LogP contribution is -2.11. The van der Waals surface area contributed by atoms with Crippen LogP contribution in [0, 0.1) is 17.0 Å². The molecule has 0 aliphatic heterocycles. The van der Waals surface area contributed by atoms with Crippen molar-refractivity contribution in [2.45, 2.75) is 16.9 Å². The molecule has 0 atom stereocenters. The molecule has 9 heteroatoms. The van der Waals surface area contributed by atoms with E-state index in [-0.39, 0.29) is 27.1 Å². The molecule has 8 nitrogen and oxygen atoms in total. The molecule has 0 unspecified atom stereocenters. The van der Waals surface area contributed by atoms with Gasteiger partial charge in [0.2, 0.25) is 14.9 Å². The number of anilines is 1. The minimum atomic E-state index is -3.88. The predicted molar refractivity (Wildman–Crippen MR) is 96.4 cm³/mol. The number of aryl methyl sites for hydroxylation is 1. The number of hydrogen-bond donors (Lipinski definition) is 1. The van der Waals surface area contributed by atoms with Gasteiger partial charge in [-0.3, -0.25) is 14.9 Å². The lowest BCUT2D eigenvalue weighted by atomic mass is 10.2. The molecule has 0 radical (unpaired) electrons. The lowest BCUT2D eigenvalue weighted by molar-refractivity contribution is -0.385. The number of carbonyl (C=O) groups excluding carboxylic acids is 1. The Hall–Kier alpha value is -3.46. The molecular weight excluding hydrogens is 372 g/mol. The van der Waals surface area contributed by atoms with Crippen molar-refractivity contribution in [3.05, 3.63) is 82.1 Å². The average molecular weight is 386 g/mol. The van der Waals surface area contributed by atoms with Crippen molar-refractivity contribution in [3.8, 4) is 0 Å². The van der Waals surface area contributed by atoms with Gasteiger partial charge in [0.05, 0.1) is 9.82 Å². The van der Waals surface area contributed by atoms with Crippen molar-refractivity contribution >= 4 is 27.1 Å². The van der Waals surface area contributed by atoms with Gasteiger partial charge in [-0.15, -0.1) is 0 Å². The minimum Gasteiger partial charge on any atom is -0.439 e. The summed E-state index contributed by atoms with van der Waals surface area (Å²) in [4.78, 5) is 22.8. The molecule has 0 bridgehead atoms. The fourth-order valence-corrected chi connectivity index (χ4v) is 3.57. The van der Waals surface area contributed by atoms with Crippen LogP contribution in [0.3, 0.4) is 0 Å². The first-order chi connectivity index (χ1) is 12.8. The Kier molecular flexibility index (Phi) is 4.78. The zero-order valence-corrected chi connectivity index (χ0v) is 14.9. The van der Waals surface area contributed by atoms with E-state index >= 15 is 0 Å². The molecule has 0 saturated carbocycles. The van der Waals surface area contributed by atoms with E-state index in [1.807, 2.05) is 0 Å². The van der Waals surface area contributed by atoms with Crippen LogP contribution in [0.1, 0.15) is 16.1 Å². The molecule has 3 aromatic rings. The maximum atomic E-state index is 12.5. The summed E-state index contributed by atoms with van der Waals surface area (Å²) in [5.41, 5.74) is 0.507. The highest BCUT2D eigenvalue weighted by atomic mass is 32.2.